The molecule has 1 aliphatic rings. The summed E-state index contributed by atoms with van der Waals surface area (Å²) in [5, 5.41) is 8.52. The van der Waals surface area contributed by atoms with Gasteiger partial charge in [0.25, 0.3) is 0 Å². The van der Waals surface area contributed by atoms with Crippen LogP contribution in [0.5, 0.6) is 0 Å². The van der Waals surface area contributed by atoms with Crippen LogP contribution in [0.3, 0.4) is 0 Å². The van der Waals surface area contributed by atoms with Crippen LogP contribution in [0.25, 0.3) is 0 Å². The second kappa shape index (κ2) is 4.80. The minimum atomic E-state index is -4.30. The lowest BCUT2D eigenvalue weighted by atomic mass is 10.1. The maximum Gasteiger partial charge on any atom is 0.401 e. The highest BCUT2D eigenvalue weighted by molar-refractivity contribution is 5.67. The minimum Gasteiger partial charge on any atom is -0.481 e. The van der Waals surface area contributed by atoms with E-state index in [2.05, 4.69) is 0 Å². The Morgan fingerprint density at radius 3 is 2.73 bits per heavy atom. The fourth-order valence-corrected chi connectivity index (χ4v) is 1.52. The summed E-state index contributed by atoms with van der Waals surface area (Å²) in [6.07, 6.45) is -4.62. The van der Waals surface area contributed by atoms with Crippen LogP contribution in [0, 0.1) is 0 Å². The third kappa shape index (κ3) is 4.48. The van der Waals surface area contributed by atoms with Crippen LogP contribution in [0.2, 0.25) is 0 Å². The zero-order chi connectivity index (χ0) is 11.5. The van der Waals surface area contributed by atoms with Crippen molar-refractivity contribution < 1.29 is 27.8 Å². The van der Waals surface area contributed by atoms with Gasteiger partial charge in [-0.2, -0.15) is 13.2 Å². The molecule has 7 heteroatoms. The highest BCUT2D eigenvalue weighted by Crippen LogP contribution is 2.20. The molecule has 1 atom stereocenters. The first-order valence-electron chi connectivity index (χ1n) is 4.49. The van der Waals surface area contributed by atoms with E-state index < -0.39 is 24.7 Å². The smallest absolute Gasteiger partial charge is 0.401 e. The Hall–Kier alpha value is -0.820. The number of halogens is 3. The van der Waals surface area contributed by atoms with Gasteiger partial charge in [0.2, 0.25) is 0 Å². The number of morpholine rings is 1. The molecule has 0 aliphatic carbocycles. The first kappa shape index (κ1) is 12.3. The molecule has 0 saturated carbocycles. The molecular formula is C8H12F3NO3. The third-order valence-corrected chi connectivity index (χ3v) is 2.14. The summed E-state index contributed by atoms with van der Waals surface area (Å²) < 4.78 is 41.3. The summed E-state index contributed by atoms with van der Waals surface area (Å²) in [6, 6.07) is -0.683. The lowest BCUT2D eigenvalue weighted by molar-refractivity contribution is -0.166. The molecule has 0 bridgehead atoms. The van der Waals surface area contributed by atoms with Crippen molar-refractivity contribution in [2.45, 2.75) is 18.6 Å². The predicted molar refractivity (Wildman–Crippen MR) is 44.5 cm³/mol. The number of carbonyl (C=O) groups is 1. The largest absolute Gasteiger partial charge is 0.481 e. The third-order valence-electron chi connectivity index (χ3n) is 2.14. The summed E-state index contributed by atoms with van der Waals surface area (Å²) >= 11 is 0. The van der Waals surface area contributed by atoms with Gasteiger partial charge < -0.3 is 9.84 Å². The molecule has 1 heterocycles. The summed E-state index contributed by atoms with van der Waals surface area (Å²) in [7, 11) is 0. The zero-order valence-corrected chi connectivity index (χ0v) is 7.96. The lowest BCUT2D eigenvalue weighted by Gasteiger charge is -2.35. The average molecular weight is 227 g/mol. The first-order valence-corrected chi connectivity index (χ1v) is 4.49. The van der Waals surface area contributed by atoms with E-state index in [1.165, 1.54) is 0 Å². The van der Waals surface area contributed by atoms with Gasteiger partial charge in [-0.1, -0.05) is 0 Å². The van der Waals surface area contributed by atoms with Crippen molar-refractivity contribution in [2.75, 3.05) is 26.3 Å². The van der Waals surface area contributed by atoms with Crippen molar-refractivity contribution in [3.63, 3.8) is 0 Å². The molecule has 0 amide bonds. The number of ether oxygens (including phenoxy) is 1. The Morgan fingerprint density at radius 1 is 1.53 bits per heavy atom. The number of hydrogen-bond acceptors (Lipinski definition) is 3. The van der Waals surface area contributed by atoms with Gasteiger partial charge in [-0.3, -0.25) is 9.69 Å². The second-order valence-electron chi connectivity index (χ2n) is 3.41. The molecule has 1 aliphatic heterocycles. The summed E-state index contributed by atoms with van der Waals surface area (Å²) in [5.74, 6) is -1.11. The van der Waals surface area contributed by atoms with Gasteiger partial charge in [-0.25, -0.2) is 0 Å². The number of hydrogen-bond donors (Lipinski definition) is 1. The van der Waals surface area contributed by atoms with Gasteiger partial charge in [0.15, 0.2) is 0 Å². The molecule has 0 spiro atoms. The normalized spacial score (nSPS) is 24.1. The second-order valence-corrected chi connectivity index (χ2v) is 3.41. The molecule has 0 radical (unpaired) electrons. The van der Waals surface area contributed by atoms with Gasteiger partial charge in [0, 0.05) is 12.6 Å². The number of rotatable bonds is 3. The van der Waals surface area contributed by atoms with Crippen LogP contribution in [-0.4, -0.2) is 54.5 Å². The van der Waals surface area contributed by atoms with Crippen molar-refractivity contribution >= 4 is 5.97 Å². The molecule has 1 saturated heterocycles. The van der Waals surface area contributed by atoms with Gasteiger partial charge in [0.1, 0.15) is 0 Å². The molecule has 1 unspecified atom stereocenters. The maximum absolute atomic E-state index is 12.1. The molecule has 0 aromatic carbocycles. The van der Waals surface area contributed by atoms with E-state index >= 15 is 0 Å². The topological polar surface area (TPSA) is 49.8 Å². The van der Waals surface area contributed by atoms with E-state index in [-0.39, 0.29) is 26.2 Å². The number of carboxylic acids is 1. The van der Waals surface area contributed by atoms with E-state index in [0.29, 0.717) is 0 Å². The van der Waals surface area contributed by atoms with Crippen LogP contribution >= 0.6 is 0 Å². The molecule has 0 aromatic rings. The number of carboxylic acid groups (broad SMARTS) is 1. The molecule has 0 aromatic heterocycles. The van der Waals surface area contributed by atoms with Crippen molar-refractivity contribution in [3.8, 4) is 0 Å². The van der Waals surface area contributed by atoms with Crippen molar-refractivity contribution in [2.24, 2.45) is 0 Å². The highest BCUT2D eigenvalue weighted by atomic mass is 19.4. The van der Waals surface area contributed by atoms with Gasteiger partial charge >= 0.3 is 12.1 Å². The predicted octanol–water partition coefficient (Wildman–Crippen LogP) is 0.724. The van der Waals surface area contributed by atoms with Gasteiger partial charge in [-0.15, -0.1) is 0 Å². The van der Waals surface area contributed by atoms with Crippen LogP contribution < -0.4 is 0 Å². The molecule has 1 rings (SSSR count). The first-order chi connectivity index (χ1) is 6.88. The van der Waals surface area contributed by atoms with Gasteiger partial charge in [-0.05, 0) is 0 Å². The summed E-state index contributed by atoms with van der Waals surface area (Å²) in [4.78, 5) is 11.5. The lowest BCUT2D eigenvalue weighted by Crippen LogP contribution is -2.50. The van der Waals surface area contributed by atoms with E-state index in [1.54, 1.807) is 0 Å². The van der Waals surface area contributed by atoms with E-state index in [9.17, 15) is 18.0 Å². The molecule has 88 valence electrons. The number of alkyl halides is 3. The monoisotopic (exact) mass is 227 g/mol. The van der Waals surface area contributed by atoms with Crippen LogP contribution in [-0.2, 0) is 9.53 Å². The molecule has 1 fully saturated rings. The van der Waals surface area contributed by atoms with Crippen molar-refractivity contribution in [1.82, 2.24) is 4.90 Å². The van der Waals surface area contributed by atoms with Crippen molar-refractivity contribution in [3.05, 3.63) is 0 Å². The number of aliphatic carboxylic acids is 1. The summed E-state index contributed by atoms with van der Waals surface area (Å²) in [6.45, 7) is -0.694. The summed E-state index contributed by atoms with van der Waals surface area (Å²) in [5.41, 5.74) is 0. The van der Waals surface area contributed by atoms with Crippen molar-refractivity contribution in [1.29, 1.82) is 0 Å². The van der Waals surface area contributed by atoms with Crippen LogP contribution in [0.15, 0.2) is 0 Å². The maximum atomic E-state index is 12.1. The Morgan fingerprint density at radius 2 is 2.20 bits per heavy atom. The van der Waals surface area contributed by atoms with Gasteiger partial charge in [0.05, 0.1) is 26.2 Å². The Balaban J connectivity index is 2.53. The molecule has 4 nitrogen and oxygen atoms in total. The minimum absolute atomic E-state index is 0.0440. The quantitative estimate of drug-likeness (QED) is 0.772. The average Bonchev–Trinajstić information content (AvgIpc) is 2.05. The Kier molecular flexibility index (Phi) is 3.92. The molecule has 15 heavy (non-hydrogen) atoms. The molecule has 1 N–H and O–H groups in total. The van der Waals surface area contributed by atoms with E-state index in [4.69, 9.17) is 9.84 Å². The SMILES string of the molecule is O=C(O)CC1COCCN1CC(F)(F)F. The highest BCUT2D eigenvalue weighted by Gasteiger charge is 2.35. The Bertz CT molecular complexity index is 232. The fraction of sp³-hybridized carbons (Fsp3) is 0.875. The van der Waals surface area contributed by atoms with E-state index in [0.717, 1.165) is 4.90 Å². The standard InChI is InChI=1S/C8H12F3NO3/c9-8(10,11)5-12-1-2-15-4-6(12)3-7(13)14/h6H,1-5H2,(H,13,14). The zero-order valence-electron chi connectivity index (χ0n) is 7.96. The Labute approximate surface area is 84.6 Å². The van der Waals surface area contributed by atoms with Crippen LogP contribution in [0.4, 0.5) is 13.2 Å². The van der Waals surface area contributed by atoms with Crippen LogP contribution in [0.1, 0.15) is 6.42 Å². The number of nitrogens with zero attached hydrogens (tertiary/aromatic N) is 1. The fourth-order valence-electron chi connectivity index (χ4n) is 1.52. The van der Waals surface area contributed by atoms with E-state index in [1.807, 2.05) is 0 Å². The molecular weight excluding hydrogens is 215 g/mol.